The molecule has 0 aromatic carbocycles. The first-order valence-corrected chi connectivity index (χ1v) is 6.74. The van der Waals surface area contributed by atoms with E-state index in [-0.39, 0.29) is 18.1 Å². The maximum Gasteiger partial charge on any atom is 0.329 e. The molecule has 0 bridgehead atoms. The number of aliphatic hydroxyl groups excluding tert-OH is 1. The highest BCUT2D eigenvalue weighted by Crippen LogP contribution is 2.34. The Morgan fingerprint density at radius 2 is 2.20 bits per heavy atom. The number of anilines is 2. The Labute approximate surface area is 116 Å². The summed E-state index contributed by atoms with van der Waals surface area (Å²) >= 11 is 0. The first-order valence-electron chi connectivity index (χ1n) is 6.74. The van der Waals surface area contributed by atoms with Crippen LogP contribution in [0.4, 0.5) is 17.5 Å². The van der Waals surface area contributed by atoms with Gasteiger partial charge in [0.2, 0.25) is 11.8 Å². The van der Waals surface area contributed by atoms with E-state index in [0.29, 0.717) is 12.5 Å². The number of hydrogen-bond acceptors (Lipinski definition) is 7. The fourth-order valence-corrected chi connectivity index (χ4v) is 2.47. The van der Waals surface area contributed by atoms with Gasteiger partial charge in [-0.2, -0.15) is 4.98 Å². The van der Waals surface area contributed by atoms with Crippen molar-refractivity contribution in [2.75, 3.05) is 23.8 Å². The van der Waals surface area contributed by atoms with Crippen molar-refractivity contribution in [2.45, 2.75) is 38.1 Å². The lowest BCUT2D eigenvalue weighted by Crippen LogP contribution is -2.39. The van der Waals surface area contributed by atoms with Crippen LogP contribution in [0.25, 0.3) is 0 Å². The Kier molecular flexibility index (Phi) is 4.33. The van der Waals surface area contributed by atoms with E-state index in [1.54, 1.807) is 0 Å². The normalized spacial score (nSPS) is 16.9. The summed E-state index contributed by atoms with van der Waals surface area (Å²) in [6.45, 7) is 2.46. The molecule has 0 radical (unpaired) electrons. The van der Waals surface area contributed by atoms with E-state index in [0.717, 1.165) is 25.7 Å². The molecule has 0 amide bonds. The fraction of sp³-hybridized carbons (Fsp3) is 0.667. The van der Waals surface area contributed by atoms with Crippen LogP contribution in [0.5, 0.6) is 0 Å². The summed E-state index contributed by atoms with van der Waals surface area (Å²) in [5.41, 5.74) is -0.686. The standard InChI is InChI=1S/C12H19N5O3/c1-2-13-11-14-7-9(17(19)20)10(15-11)16-12(8-18)5-3-4-6-12/h7,18H,2-6,8H2,1H3,(H2,13,14,15,16). The second-order valence-corrected chi connectivity index (χ2v) is 4.99. The number of aliphatic hydroxyl groups is 1. The molecule has 1 aliphatic rings. The number of hydrogen-bond donors (Lipinski definition) is 3. The molecule has 20 heavy (non-hydrogen) atoms. The van der Waals surface area contributed by atoms with E-state index in [1.165, 1.54) is 6.20 Å². The zero-order valence-electron chi connectivity index (χ0n) is 11.4. The summed E-state index contributed by atoms with van der Waals surface area (Å²) in [4.78, 5) is 18.6. The third-order valence-electron chi connectivity index (χ3n) is 3.55. The highest BCUT2D eigenvalue weighted by Gasteiger charge is 2.35. The average Bonchev–Trinajstić information content (AvgIpc) is 2.88. The van der Waals surface area contributed by atoms with Gasteiger partial charge in [-0.05, 0) is 19.8 Å². The van der Waals surface area contributed by atoms with Gasteiger partial charge in [0.1, 0.15) is 6.20 Å². The predicted octanol–water partition coefficient (Wildman–Crippen LogP) is 1.53. The monoisotopic (exact) mass is 281 g/mol. The molecule has 1 fully saturated rings. The predicted molar refractivity (Wildman–Crippen MR) is 74.8 cm³/mol. The van der Waals surface area contributed by atoms with Crippen LogP contribution in [-0.2, 0) is 0 Å². The number of nitrogens with one attached hydrogen (secondary N) is 2. The third kappa shape index (κ3) is 2.96. The van der Waals surface area contributed by atoms with Crippen molar-refractivity contribution in [3.63, 3.8) is 0 Å². The van der Waals surface area contributed by atoms with E-state index in [9.17, 15) is 15.2 Å². The zero-order valence-corrected chi connectivity index (χ0v) is 11.4. The van der Waals surface area contributed by atoms with Gasteiger partial charge in [-0.15, -0.1) is 0 Å². The summed E-state index contributed by atoms with van der Waals surface area (Å²) in [7, 11) is 0. The van der Waals surface area contributed by atoms with Crippen LogP contribution in [-0.4, -0.2) is 38.7 Å². The largest absolute Gasteiger partial charge is 0.394 e. The molecule has 0 saturated heterocycles. The van der Waals surface area contributed by atoms with Gasteiger partial charge in [-0.25, -0.2) is 4.98 Å². The van der Waals surface area contributed by atoms with E-state index < -0.39 is 10.5 Å². The van der Waals surface area contributed by atoms with Gasteiger partial charge in [-0.3, -0.25) is 10.1 Å². The Morgan fingerprint density at radius 1 is 1.50 bits per heavy atom. The van der Waals surface area contributed by atoms with Crippen molar-refractivity contribution in [3.8, 4) is 0 Å². The van der Waals surface area contributed by atoms with Crippen molar-refractivity contribution in [1.29, 1.82) is 0 Å². The number of rotatable bonds is 6. The van der Waals surface area contributed by atoms with Crippen molar-refractivity contribution in [1.82, 2.24) is 9.97 Å². The maximum atomic E-state index is 11.1. The molecule has 8 nitrogen and oxygen atoms in total. The molecule has 0 unspecified atom stereocenters. The summed E-state index contributed by atoms with van der Waals surface area (Å²) in [6, 6.07) is 0. The van der Waals surface area contributed by atoms with Gasteiger partial charge in [0.25, 0.3) is 0 Å². The molecule has 1 aromatic heterocycles. The van der Waals surface area contributed by atoms with E-state index in [4.69, 9.17) is 0 Å². The number of nitrogens with zero attached hydrogens (tertiary/aromatic N) is 3. The van der Waals surface area contributed by atoms with E-state index in [1.807, 2.05) is 6.92 Å². The summed E-state index contributed by atoms with van der Waals surface area (Å²) in [5.74, 6) is 0.503. The number of nitro groups is 1. The first-order chi connectivity index (χ1) is 9.60. The van der Waals surface area contributed by atoms with Gasteiger partial charge >= 0.3 is 5.69 Å². The average molecular weight is 281 g/mol. The van der Waals surface area contributed by atoms with Crippen LogP contribution in [0.3, 0.4) is 0 Å². The Morgan fingerprint density at radius 3 is 2.75 bits per heavy atom. The van der Waals surface area contributed by atoms with Crippen LogP contribution in [0.1, 0.15) is 32.6 Å². The first kappa shape index (κ1) is 14.4. The lowest BCUT2D eigenvalue weighted by molar-refractivity contribution is -0.384. The molecule has 1 aromatic rings. The van der Waals surface area contributed by atoms with Gasteiger partial charge in [0.05, 0.1) is 17.1 Å². The lowest BCUT2D eigenvalue weighted by atomic mass is 9.99. The van der Waals surface area contributed by atoms with Crippen molar-refractivity contribution in [3.05, 3.63) is 16.3 Å². The van der Waals surface area contributed by atoms with Crippen molar-refractivity contribution < 1.29 is 10.0 Å². The fourth-order valence-electron chi connectivity index (χ4n) is 2.47. The lowest BCUT2D eigenvalue weighted by Gasteiger charge is -2.28. The summed E-state index contributed by atoms with van der Waals surface area (Å²) in [5, 5.41) is 26.6. The van der Waals surface area contributed by atoms with Gasteiger partial charge in [0.15, 0.2) is 0 Å². The maximum absolute atomic E-state index is 11.1. The Bertz CT molecular complexity index is 488. The minimum atomic E-state index is -0.516. The topological polar surface area (TPSA) is 113 Å². The smallest absolute Gasteiger partial charge is 0.329 e. The molecule has 0 aliphatic heterocycles. The molecular formula is C12H19N5O3. The quantitative estimate of drug-likeness (QED) is 0.535. The van der Waals surface area contributed by atoms with Crippen LogP contribution < -0.4 is 10.6 Å². The van der Waals surface area contributed by atoms with Gasteiger partial charge < -0.3 is 15.7 Å². The molecular weight excluding hydrogens is 262 g/mol. The van der Waals surface area contributed by atoms with Crippen molar-refractivity contribution >= 4 is 17.5 Å². The van der Waals surface area contributed by atoms with Crippen LogP contribution in [0.15, 0.2) is 6.20 Å². The van der Waals surface area contributed by atoms with Crippen LogP contribution in [0, 0.1) is 10.1 Å². The van der Waals surface area contributed by atoms with Gasteiger partial charge in [-0.1, -0.05) is 12.8 Å². The zero-order chi connectivity index (χ0) is 14.6. The molecule has 110 valence electrons. The summed E-state index contributed by atoms with van der Waals surface area (Å²) < 4.78 is 0. The summed E-state index contributed by atoms with van der Waals surface area (Å²) in [6.07, 6.45) is 4.73. The molecule has 1 heterocycles. The minimum absolute atomic E-state index is 0.0648. The molecule has 0 spiro atoms. The molecule has 8 heteroatoms. The SMILES string of the molecule is CCNc1ncc([N+](=O)[O-])c(NC2(CO)CCCC2)n1. The van der Waals surface area contributed by atoms with Crippen LogP contribution in [0.2, 0.25) is 0 Å². The molecule has 1 saturated carbocycles. The second-order valence-electron chi connectivity index (χ2n) is 4.99. The number of aromatic nitrogens is 2. The Balaban J connectivity index is 2.31. The molecule has 0 atom stereocenters. The second kappa shape index (κ2) is 6.00. The molecule has 3 N–H and O–H groups in total. The minimum Gasteiger partial charge on any atom is -0.394 e. The van der Waals surface area contributed by atoms with Crippen LogP contribution >= 0.6 is 0 Å². The van der Waals surface area contributed by atoms with Crippen molar-refractivity contribution in [2.24, 2.45) is 0 Å². The third-order valence-corrected chi connectivity index (χ3v) is 3.55. The van der Waals surface area contributed by atoms with E-state index >= 15 is 0 Å². The molecule has 1 aliphatic carbocycles. The molecule has 2 rings (SSSR count). The Hall–Kier alpha value is -1.96. The highest BCUT2D eigenvalue weighted by atomic mass is 16.6. The van der Waals surface area contributed by atoms with E-state index in [2.05, 4.69) is 20.6 Å². The van der Waals surface area contributed by atoms with Gasteiger partial charge in [0, 0.05) is 6.54 Å². The highest BCUT2D eigenvalue weighted by molar-refractivity contribution is 5.58.